The fourth-order valence-corrected chi connectivity index (χ4v) is 3.22. The Balaban J connectivity index is 1.48. The second kappa shape index (κ2) is 5.28. The predicted octanol–water partition coefficient (Wildman–Crippen LogP) is 1.98. The van der Waals surface area contributed by atoms with Gasteiger partial charge < -0.3 is 19.9 Å². The van der Waals surface area contributed by atoms with Crippen molar-refractivity contribution in [2.45, 2.75) is 18.4 Å². The van der Waals surface area contributed by atoms with Crippen molar-refractivity contribution in [2.75, 3.05) is 13.3 Å². The molecule has 5 nitrogen and oxygen atoms in total. The standard InChI is InChI=1S/C18H17NO4/c20-17(13-5-6-15-16(9-13)23-11-22-15)19-10-18(21)8-7-12-3-1-2-4-14(12)18/h1-6,9,21H,7-8,10-11H2,(H,19,20)/t18-/m0/s1. The highest BCUT2D eigenvalue weighted by atomic mass is 16.7. The second-order valence-corrected chi connectivity index (χ2v) is 5.94. The zero-order valence-corrected chi connectivity index (χ0v) is 12.5. The molecule has 0 radical (unpaired) electrons. The number of aryl methyl sites for hydroxylation is 1. The predicted molar refractivity (Wildman–Crippen MR) is 83.6 cm³/mol. The molecule has 1 atom stereocenters. The molecule has 1 aliphatic heterocycles. The molecule has 118 valence electrons. The summed E-state index contributed by atoms with van der Waals surface area (Å²) in [6, 6.07) is 12.9. The molecule has 4 rings (SSSR count). The van der Waals surface area contributed by atoms with E-state index in [1.807, 2.05) is 24.3 Å². The summed E-state index contributed by atoms with van der Waals surface area (Å²) < 4.78 is 10.5. The van der Waals surface area contributed by atoms with Crippen LogP contribution in [0.1, 0.15) is 27.9 Å². The molecule has 23 heavy (non-hydrogen) atoms. The van der Waals surface area contributed by atoms with Crippen molar-refractivity contribution in [3.8, 4) is 11.5 Å². The monoisotopic (exact) mass is 311 g/mol. The second-order valence-electron chi connectivity index (χ2n) is 5.94. The van der Waals surface area contributed by atoms with E-state index in [0.717, 1.165) is 17.5 Å². The summed E-state index contributed by atoms with van der Waals surface area (Å²) in [6.45, 7) is 0.369. The van der Waals surface area contributed by atoms with Gasteiger partial charge in [0.2, 0.25) is 6.79 Å². The van der Waals surface area contributed by atoms with E-state index in [0.29, 0.717) is 23.5 Å². The Morgan fingerprint density at radius 2 is 2.00 bits per heavy atom. The largest absolute Gasteiger partial charge is 0.454 e. The van der Waals surface area contributed by atoms with Crippen molar-refractivity contribution in [3.05, 3.63) is 59.2 Å². The van der Waals surface area contributed by atoms with Crippen LogP contribution >= 0.6 is 0 Å². The van der Waals surface area contributed by atoms with Gasteiger partial charge in [-0.05, 0) is 42.2 Å². The van der Waals surface area contributed by atoms with Crippen molar-refractivity contribution in [2.24, 2.45) is 0 Å². The van der Waals surface area contributed by atoms with Gasteiger partial charge in [0.1, 0.15) is 5.60 Å². The van der Waals surface area contributed by atoms with Crippen LogP contribution in [-0.2, 0) is 12.0 Å². The number of carbonyl (C=O) groups is 1. The Morgan fingerprint density at radius 1 is 1.17 bits per heavy atom. The lowest BCUT2D eigenvalue weighted by molar-refractivity contribution is 0.0369. The topological polar surface area (TPSA) is 67.8 Å². The lowest BCUT2D eigenvalue weighted by Crippen LogP contribution is -2.39. The first-order chi connectivity index (χ1) is 11.2. The number of rotatable bonds is 3. The van der Waals surface area contributed by atoms with E-state index in [4.69, 9.17) is 9.47 Å². The summed E-state index contributed by atoms with van der Waals surface area (Å²) in [4.78, 5) is 12.3. The third-order valence-electron chi connectivity index (χ3n) is 4.50. The normalized spacial score (nSPS) is 21.1. The van der Waals surface area contributed by atoms with Gasteiger partial charge in [0.05, 0.1) is 6.54 Å². The van der Waals surface area contributed by atoms with Gasteiger partial charge in [-0.1, -0.05) is 24.3 Å². The summed E-state index contributed by atoms with van der Waals surface area (Å²) >= 11 is 0. The fourth-order valence-electron chi connectivity index (χ4n) is 3.22. The minimum atomic E-state index is -0.997. The van der Waals surface area contributed by atoms with Crippen LogP contribution < -0.4 is 14.8 Å². The SMILES string of the molecule is O=C(NC[C@@]1(O)CCc2ccccc21)c1ccc2c(c1)OCO2. The first-order valence-electron chi connectivity index (χ1n) is 7.64. The summed E-state index contributed by atoms with van der Waals surface area (Å²) in [5.74, 6) is 0.980. The molecule has 2 aromatic carbocycles. The highest BCUT2D eigenvalue weighted by Crippen LogP contribution is 2.36. The third kappa shape index (κ3) is 2.43. The van der Waals surface area contributed by atoms with Gasteiger partial charge >= 0.3 is 0 Å². The highest BCUT2D eigenvalue weighted by Gasteiger charge is 2.36. The van der Waals surface area contributed by atoms with E-state index >= 15 is 0 Å². The Kier molecular flexibility index (Phi) is 3.23. The van der Waals surface area contributed by atoms with Crippen LogP contribution in [0.4, 0.5) is 0 Å². The van der Waals surface area contributed by atoms with Crippen molar-refractivity contribution in [1.29, 1.82) is 0 Å². The summed E-state index contributed by atoms with van der Waals surface area (Å²) in [5, 5.41) is 13.7. The molecule has 1 heterocycles. The zero-order chi connectivity index (χ0) is 15.9. The molecule has 2 aromatic rings. The molecule has 0 saturated heterocycles. The number of fused-ring (bicyclic) bond motifs is 2. The van der Waals surface area contributed by atoms with E-state index in [9.17, 15) is 9.90 Å². The zero-order valence-electron chi connectivity index (χ0n) is 12.5. The first-order valence-corrected chi connectivity index (χ1v) is 7.64. The van der Waals surface area contributed by atoms with E-state index in [2.05, 4.69) is 5.32 Å². The van der Waals surface area contributed by atoms with Crippen molar-refractivity contribution in [3.63, 3.8) is 0 Å². The van der Waals surface area contributed by atoms with Gasteiger partial charge in [0, 0.05) is 5.56 Å². The van der Waals surface area contributed by atoms with Crippen molar-refractivity contribution < 1.29 is 19.4 Å². The van der Waals surface area contributed by atoms with Gasteiger partial charge in [-0.3, -0.25) is 4.79 Å². The maximum atomic E-state index is 12.3. The van der Waals surface area contributed by atoms with Crippen LogP contribution in [-0.4, -0.2) is 24.4 Å². The van der Waals surface area contributed by atoms with Gasteiger partial charge in [-0.15, -0.1) is 0 Å². The Hall–Kier alpha value is -2.53. The number of amides is 1. The van der Waals surface area contributed by atoms with Crippen LogP contribution in [0.5, 0.6) is 11.5 Å². The summed E-state index contributed by atoms with van der Waals surface area (Å²) in [7, 11) is 0. The smallest absolute Gasteiger partial charge is 0.251 e. The molecule has 0 fully saturated rings. The number of ether oxygens (including phenoxy) is 2. The average Bonchev–Trinajstić information content (AvgIpc) is 3.18. The lowest BCUT2D eigenvalue weighted by Gasteiger charge is -2.24. The molecule has 0 bridgehead atoms. The molecular weight excluding hydrogens is 294 g/mol. The van der Waals surface area contributed by atoms with Gasteiger partial charge in [-0.2, -0.15) is 0 Å². The summed E-state index contributed by atoms with van der Waals surface area (Å²) in [6.07, 6.45) is 1.44. The number of aliphatic hydroxyl groups is 1. The quantitative estimate of drug-likeness (QED) is 0.909. The van der Waals surface area contributed by atoms with E-state index in [1.54, 1.807) is 18.2 Å². The molecule has 5 heteroatoms. The van der Waals surface area contributed by atoms with Crippen molar-refractivity contribution in [1.82, 2.24) is 5.32 Å². The van der Waals surface area contributed by atoms with E-state index < -0.39 is 5.60 Å². The Morgan fingerprint density at radius 3 is 2.91 bits per heavy atom. The van der Waals surface area contributed by atoms with E-state index in [1.165, 1.54) is 0 Å². The number of hydrogen-bond donors (Lipinski definition) is 2. The van der Waals surface area contributed by atoms with Crippen LogP contribution in [0.15, 0.2) is 42.5 Å². The number of nitrogens with one attached hydrogen (secondary N) is 1. The molecule has 0 aromatic heterocycles. The van der Waals surface area contributed by atoms with Crippen LogP contribution in [0, 0.1) is 0 Å². The fraction of sp³-hybridized carbons (Fsp3) is 0.278. The molecule has 0 saturated carbocycles. The third-order valence-corrected chi connectivity index (χ3v) is 4.50. The Bertz CT molecular complexity index is 773. The van der Waals surface area contributed by atoms with E-state index in [-0.39, 0.29) is 19.2 Å². The van der Waals surface area contributed by atoms with Crippen LogP contribution in [0.2, 0.25) is 0 Å². The van der Waals surface area contributed by atoms with Gasteiger partial charge in [0.25, 0.3) is 5.91 Å². The summed E-state index contributed by atoms with van der Waals surface area (Å²) in [5.41, 5.74) is 1.55. The molecule has 1 aliphatic carbocycles. The molecule has 0 unspecified atom stereocenters. The number of hydrogen-bond acceptors (Lipinski definition) is 4. The first kappa shape index (κ1) is 14.1. The Labute approximate surface area is 133 Å². The lowest BCUT2D eigenvalue weighted by atomic mass is 9.96. The molecule has 2 aliphatic rings. The molecule has 0 spiro atoms. The maximum absolute atomic E-state index is 12.3. The minimum Gasteiger partial charge on any atom is -0.454 e. The van der Waals surface area contributed by atoms with Gasteiger partial charge in [0.15, 0.2) is 11.5 Å². The molecule has 1 amide bonds. The van der Waals surface area contributed by atoms with Crippen molar-refractivity contribution >= 4 is 5.91 Å². The highest BCUT2D eigenvalue weighted by molar-refractivity contribution is 5.95. The number of carbonyl (C=O) groups excluding carboxylic acids is 1. The average molecular weight is 311 g/mol. The number of benzene rings is 2. The van der Waals surface area contributed by atoms with Gasteiger partial charge in [-0.25, -0.2) is 0 Å². The molecular formula is C18H17NO4. The van der Waals surface area contributed by atoms with Crippen LogP contribution in [0.25, 0.3) is 0 Å². The van der Waals surface area contributed by atoms with Crippen LogP contribution in [0.3, 0.4) is 0 Å². The molecule has 2 N–H and O–H groups in total. The minimum absolute atomic E-state index is 0.178. The maximum Gasteiger partial charge on any atom is 0.251 e.